The van der Waals surface area contributed by atoms with Crippen LogP contribution in [0.5, 0.6) is 0 Å². The number of carbonyl (C=O) groups excluding carboxylic acids is 1. The minimum atomic E-state index is -3.36. The van der Waals surface area contributed by atoms with Gasteiger partial charge in [0.15, 0.2) is 0 Å². The van der Waals surface area contributed by atoms with Crippen molar-refractivity contribution in [2.24, 2.45) is 0 Å². The molecule has 0 atom stereocenters. The fraction of sp³-hybridized carbons (Fsp3) is 0.286. The van der Waals surface area contributed by atoms with Crippen molar-refractivity contribution in [2.45, 2.75) is 38.7 Å². The summed E-state index contributed by atoms with van der Waals surface area (Å²) in [6.07, 6.45) is 3.12. The van der Waals surface area contributed by atoms with E-state index >= 15 is 0 Å². The lowest BCUT2D eigenvalue weighted by atomic mass is 10.1. The van der Waals surface area contributed by atoms with Gasteiger partial charge in [-0.3, -0.25) is 4.79 Å². The van der Waals surface area contributed by atoms with Crippen LogP contribution in [0.3, 0.4) is 0 Å². The first-order valence-electron chi connectivity index (χ1n) is 9.58. The first kappa shape index (κ1) is 21.7. The van der Waals surface area contributed by atoms with Crippen molar-refractivity contribution in [2.75, 3.05) is 0 Å². The molecule has 0 saturated carbocycles. The summed E-state index contributed by atoms with van der Waals surface area (Å²) in [5, 5.41) is 6.94. The highest BCUT2D eigenvalue weighted by atomic mass is 32.2. The summed E-state index contributed by atoms with van der Waals surface area (Å²) >= 11 is 0. The van der Waals surface area contributed by atoms with Crippen molar-refractivity contribution in [3.8, 4) is 0 Å². The van der Waals surface area contributed by atoms with Crippen molar-refractivity contribution in [1.29, 1.82) is 0 Å². The maximum atomic E-state index is 12.4. The minimum Gasteiger partial charge on any atom is -0.348 e. The molecule has 0 aliphatic heterocycles. The van der Waals surface area contributed by atoms with Gasteiger partial charge in [0, 0.05) is 18.2 Å². The number of hydrogen-bond acceptors (Lipinski definition) is 5. The van der Waals surface area contributed by atoms with Crippen LogP contribution in [0, 0.1) is 0 Å². The van der Waals surface area contributed by atoms with E-state index in [1.54, 1.807) is 49.1 Å². The first-order valence-corrected chi connectivity index (χ1v) is 11.2. The Hall–Kier alpha value is -3.04. The molecule has 0 fully saturated rings. The highest BCUT2D eigenvalue weighted by Gasteiger charge is 2.13. The quantitative estimate of drug-likeness (QED) is 0.544. The van der Waals surface area contributed by atoms with Crippen LogP contribution in [0.1, 0.15) is 40.9 Å². The highest BCUT2D eigenvalue weighted by molar-refractivity contribution is 7.88. The van der Waals surface area contributed by atoms with Crippen molar-refractivity contribution < 1.29 is 13.2 Å². The van der Waals surface area contributed by atoms with Gasteiger partial charge in [-0.25, -0.2) is 22.8 Å². The van der Waals surface area contributed by atoms with E-state index in [4.69, 9.17) is 0 Å². The molecule has 1 aromatic heterocycles. The number of aromatic nitrogens is 3. The van der Waals surface area contributed by atoms with E-state index in [2.05, 4.69) is 20.1 Å². The van der Waals surface area contributed by atoms with Gasteiger partial charge in [0.05, 0.1) is 12.3 Å². The summed E-state index contributed by atoms with van der Waals surface area (Å²) < 4.78 is 28.3. The topological polar surface area (TPSA) is 106 Å². The zero-order valence-corrected chi connectivity index (χ0v) is 17.8. The Balaban J connectivity index is 1.52. The Bertz CT molecular complexity index is 1060. The largest absolute Gasteiger partial charge is 0.348 e. The molecule has 9 heteroatoms. The Kier molecular flexibility index (Phi) is 6.96. The monoisotopic (exact) mass is 427 g/mol. The molecule has 0 spiro atoms. The lowest BCUT2D eigenvalue weighted by Crippen LogP contribution is -2.31. The molecule has 8 nitrogen and oxygen atoms in total. The van der Waals surface area contributed by atoms with E-state index in [1.807, 2.05) is 24.3 Å². The van der Waals surface area contributed by atoms with Gasteiger partial charge in [-0.05, 0) is 42.7 Å². The molecule has 2 aromatic carbocycles. The minimum absolute atomic E-state index is 0.0707. The second-order valence-corrected chi connectivity index (χ2v) is 9.07. The van der Waals surface area contributed by atoms with Gasteiger partial charge >= 0.3 is 0 Å². The first-order chi connectivity index (χ1) is 14.3. The summed E-state index contributed by atoms with van der Waals surface area (Å²) in [6, 6.07) is 14.4. The van der Waals surface area contributed by atoms with Gasteiger partial charge in [-0.2, -0.15) is 5.10 Å². The molecule has 2 N–H and O–H groups in total. The summed E-state index contributed by atoms with van der Waals surface area (Å²) in [5.74, 6) is -0.242. The lowest BCUT2D eigenvalue weighted by Gasteiger charge is -2.10. The fourth-order valence-corrected chi connectivity index (χ4v) is 4.35. The van der Waals surface area contributed by atoms with Crippen molar-refractivity contribution >= 4 is 15.9 Å². The van der Waals surface area contributed by atoms with Gasteiger partial charge in [0.25, 0.3) is 5.91 Å². The SMILES string of the molecule is CC(C)NS(=O)(=O)Cc1ccc(CNC(=O)c2ccc(Cn3cncn3)cc2)cc1. The maximum absolute atomic E-state index is 12.4. The fourth-order valence-electron chi connectivity index (χ4n) is 2.92. The normalized spacial score (nSPS) is 11.6. The molecule has 0 aliphatic carbocycles. The number of rotatable bonds is 9. The Morgan fingerprint density at radius 3 is 2.23 bits per heavy atom. The Morgan fingerprint density at radius 1 is 1.00 bits per heavy atom. The molecule has 0 bridgehead atoms. The maximum Gasteiger partial charge on any atom is 0.251 e. The molecule has 158 valence electrons. The van der Waals surface area contributed by atoms with E-state index in [0.29, 0.717) is 24.2 Å². The van der Waals surface area contributed by atoms with E-state index in [1.165, 1.54) is 6.33 Å². The summed E-state index contributed by atoms with van der Waals surface area (Å²) in [7, 11) is -3.36. The molecule has 0 saturated heterocycles. The number of amides is 1. The molecule has 1 heterocycles. The van der Waals surface area contributed by atoms with Crippen molar-refractivity contribution in [1.82, 2.24) is 24.8 Å². The Labute approximate surface area is 176 Å². The van der Waals surface area contributed by atoms with E-state index < -0.39 is 10.0 Å². The zero-order chi connectivity index (χ0) is 21.6. The third kappa shape index (κ3) is 6.50. The highest BCUT2D eigenvalue weighted by Crippen LogP contribution is 2.10. The van der Waals surface area contributed by atoms with Gasteiger partial charge in [0.2, 0.25) is 10.0 Å². The van der Waals surface area contributed by atoms with Crippen LogP contribution in [-0.4, -0.2) is 35.1 Å². The van der Waals surface area contributed by atoms with E-state index in [0.717, 1.165) is 11.1 Å². The van der Waals surface area contributed by atoms with Gasteiger partial charge in [0.1, 0.15) is 12.7 Å². The van der Waals surface area contributed by atoms with E-state index in [9.17, 15) is 13.2 Å². The van der Waals surface area contributed by atoms with Crippen molar-refractivity contribution in [3.05, 3.63) is 83.4 Å². The third-order valence-corrected chi connectivity index (χ3v) is 5.82. The van der Waals surface area contributed by atoms with Crippen LogP contribution in [-0.2, 0) is 28.9 Å². The van der Waals surface area contributed by atoms with Gasteiger partial charge in [-0.15, -0.1) is 0 Å². The molecule has 0 aliphatic rings. The molecular formula is C21H25N5O3S. The van der Waals surface area contributed by atoms with Gasteiger partial charge < -0.3 is 5.32 Å². The summed E-state index contributed by atoms with van der Waals surface area (Å²) in [6.45, 7) is 4.52. The Morgan fingerprint density at radius 2 is 1.63 bits per heavy atom. The van der Waals surface area contributed by atoms with Crippen molar-refractivity contribution in [3.63, 3.8) is 0 Å². The predicted octanol–water partition coefficient (Wildman–Crippen LogP) is 2.08. The number of hydrogen-bond donors (Lipinski definition) is 2. The zero-order valence-electron chi connectivity index (χ0n) is 16.9. The van der Waals surface area contributed by atoms with Crippen LogP contribution in [0.25, 0.3) is 0 Å². The number of nitrogens with zero attached hydrogens (tertiary/aromatic N) is 3. The standard InChI is InChI=1S/C21H25N5O3S/c1-16(2)25-30(28,29)13-19-5-3-17(4-6-19)11-23-21(27)20-9-7-18(8-10-20)12-26-15-22-14-24-26/h3-10,14-16,25H,11-13H2,1-2H3,(H,23,27). The second kappa shape index (κ2) is 9.64. The van der Waals surface area contributed by atoms with Crippen LogP contribution in [0.15, 0.2) is 61.2 Å². The molecule has 30 heavy (non-hydrogen) atoms. The number of carbonyl (C=O) groups is 1. The summed E-state index contributed by atoms with van der Waals surface area (Å²) in [5.41, 5.74) is 3.18. The third-order valence-electron chi connectivity index (χ3n) is 4.28. The smallest absolute Gasteiger partial charge is 0.251 e. The average Bonchev–Trinajstić information content (AvgIpc) is 3.19. The van der Waals surface area contributed by atoms with Crippen LogP contribution >= 0.6 is 0 Å². The average molecular weight is 428 g/mol. The van der Waals surface area contributed by atoms with Crippen LogP contribution in [0.2, 0.25) is 0 Å². The number of sulfonamides is 1. The lowest BCUT2D eigenvalue weighted by molar-refractivity contribution is 0.0951. The molecule has 3 rings (SSSR count). The molecule has 3 aromatic rings. The van der Waals surface area contributed by atoms with Gasteiger partial charge in [-0.1, -0.05) is 36.4 Å². The molecule has 0 radical (unpaired) electrons. The second-order valence-electron chi connectivity index (χ2n) is 7.32. The number of benzene rings is 2. The number of nitrogens with one attached hydrogen (secondary N) is 2. The summed E-state index contributed by atoms with van der Waals surface area (Å²) in [4.78, 5) is 16.3. The van der Waals surface area contributed by atoms with E-state index in [-0.39, 0.29) is 17.7 Å². The predicted molar refractivity (Wildman–Crippen MR) is 114 cm³/mol. The molecule has 0 unspecified atom stereocenters. The molecule has 1 amide bonds. The van der Waals surface area contributed by atoms with Crippen LogP contribution < -0.4 is 10.0 Å². The van der Waals surface area contributed by atoms with Crippen LogP contribution in [0.4, 0.5) is 0 Å². The molecular weight excluding hydrogens is 402 g/mol.